The first-order chi connectivity index (χ1) is 12.7. The molecule has 0 spiro atoms. The van der Waals surface area contributed by atoms with Crippen molar-refractivity contribution >= 4 is 12.2 Å². The number of aliphatic hydroxyl groups excluding tert-OH is 1. The molecule has 3 atom stereocenters. The minimum Gasteiger partial charge on any atom is -0.465 e. The van der Waals surface area contributed by atoms with E-state index in [-0.39, 0.29) is 31.2 Å². The first-order valence-corrected chi connectivity index (χ1v) is 9.32. The molecular formula is C20H30N2O5. The maximum atomic E-state index is 12.1. The normalized spacial score (nSPS) is 22.7. The predicted molar refractivity (Wildman–Crippen MR) is 101 cm³/mol. The molecule has 0 bridgehead atoms. The number of carboxylic acid groups (broad SMARTS) is 1. The SMILES string of the molecule is CC(C)(C)N(C(=O)O)[C@@H]1CC[C@H](NC(=O)OCc2ccccc2)[C@H](CO)C1. The molecule has 0 heterocycles. The number of carbonyl (C=O) groups is 2. The Morgan fingerprint density at radius 1 is 1.22 bits per heavy atom. The van der Waals surface area contributed by atoms with Crippen LogP contribution in [0.25, 0.3) is 0 Å². The molecule has 27 heavy (non-hydrogen) atoms. The Morgan fingerprint density at radius 2 is 1.89 bits per heavy atom. The van der Waals surface area contributed by atoms with E-state index in [9.17, 15) is 19.8 Å². The molecular weight excluding hydrogens is 348 g/mol. The van der Waals surface area contributed by atoms with Gasteiger partial charge in [-0.15, -0.1) is 0 Å². The molecule has 7 nitrogen and oxygen atoms in total. The first kappa shape index (κ1) is 21.0. The van der Waals surface area contributed by atoms with E-state index in [2.05, 4.69) is 5.32 Å². The van der Waals surface area contributed by atoms with Gasteiger partial charge in [0.15, 0.2) is 0 Å². The van der Waals surface area contributed by atoms with Gasteiger partial charge in [0.2, 0.25) is 0 Å². The summed E-state index contributed by atoms with van der Waals surface area (Å²) >= 11 is 0. The highest BCUT2D eigenvalue weighted by molar-refractivity contribution is 5.68. The third-order valence-corrected chi connectivity index (χ3v) is 5.00. The molecule has 0 aliphatic heterocycles. The van der Waals surface area contributed by atoms with Crippen molar-refractivity contribution in [1.82, 2.24) is 10.2 Å². The number of ether oxygens (including phenoxy) is 1. The minimum absolute atomic E-state index is 0.113. The minimum atomic E-state index is -0.960. The van der Waals surface area contributed by atoms with Gasteiger partial charge in [0, 0.05) is 30.1 Å². The number of benzene rings is 1. The van der Waals surface area contributed by atoms with Crippen molar-refractivity contribution in [1.29, 1.82) is 0 Å². The number of amides is 2. The monoisotopic (exact) mass is 378 g/mol. The van der Waals surface area contributed by atoms with Gasteiger partial charge in [-0.25, -0.2) is 9.59 Å². The van der Waals surface area contributed by atoms with Gasteiger partial charge in [0.1, 0.15) is 6.61 Å². The van der Waals surface area contributed by atoms with Crippen LogP contribution >= 0.6 is 0 Å². The van der Waals surface area contributed by atoms with Gasteiger partial charge >= 0.3 is 12.2 Å². The molecule has 2 amide bonds. The maximum Gasteiger partial charge on any atom is 0.407 e. The molecule has 1 aliphatic carbocycles. The van der Waals surface area contributed by atoms with Crippen LogP contribution in [0.5, 0.6) is 0 Å². The Hall–Kier alpha value is -2.28. The highest BCUT2D eigenvalue weighted by Crippen LogP contribution is 2.32. The molecule has 1 aromatic carbocycles. The van der Waals surface area contributed by atoms with Gasteiger partial charge in [-0.2, -0.15) is 0 Å². The molecule has 7 heteroatoms. The third kappa shape index (κ3) is 5.85. The number of alkyl carbamates (subject to hydrolysis) is 1. The molecule has 3 N–H and O–H groups in total. The molecule has 1 aliphatic rings. The zero-order valence-corrected chi connectivity index (χ0v) is 16.2. The van der Waals surface area contributed by atoms with Crippen LogP contribution in [-0.2, 0) is 11.3 Å². The fourth-order valence-corrected chi connectivity index (χ4v) is 3.77. The lowest BCUT2D eigenvalue weighted by atomic mass is 9.80. The number of nitrogens with zero attached hydrogens (tertiary/aromatic N) is 1. The Labute approximate surface area is 160 Å². The number of nitrogens with one attached hydrogen (secondary N) is 1. The second-order valence-corrected chi connectivity index (χ2v) is 8.05. The van der Waals surface area contributed by atoms with Gasteiger partial charge in [-0.3, -0.25) is 0 Å². The Kier molecular flexibility index (Phi) is 7.07. The average molecular weight is 378 g/mol. The van der Waals surface area contributed by atoms with Crippen LogP contribution in [0, 0.1) is 5.92 Å². The van der Waals surface area contributed by atoms with E-state index in [1.807, 2.05) is 51.1 Å². The zero-order valence-electron chi connectivity index (χ0n) is 16.2. The quantitative estimate of drug-likeness (QED) is 0.731. The number of aliphatic hydroxyl groups is 1. The third-order valence-electron chi connectivity index (χ3n) is 5.00. The van der Waals surface area contributed by atoms with Crippen LogP contribution in [0.4, 0.5) is 9.59 Å². The summed E-state index contributed by atoms with van der Waals surface area (Å²) in [7, 11) is 0. The van der Waals surface area contributed by atoms with Gasteiger partial charge in [0.25, 0.3) is 0 Å². The standard InChI is InChI=1S/C20H30N2O5/c1-20(2,3)22(19(25)26)16-9-10-17(15(11-16)12-23)21-18(24)27-13-14-7-5-4-6-8-14/h4-8,15-17,23H,9-13H2,1-3H3,(H,21,24)(H,25,26)/t15-,16+,17-/m0/s1. The zero-order chi connectivity index (χ0) is 20.0. The largest absolute Gasteiger partial charge is 0.465 e. The number of hydrogen-bond acceptors (Lipinski definition) is 4. The number of rotatable bonds is 5. The lowest BCUT2D eigenvalue weighted by Gasteiger charge is -2.45. The van der Waals surface area contributed by atoms with Crippen molar-refractivity contribution in [2.75, 3.05) is 6.61 Å². The molecule has 2 rings (SSSR count). The van der Waals surface area contributed by atoms with E-state index in [4.69, 9.17) is 4.74 Å². The van der Waals surface area contributed by atoms with E-state index in [1.54, 1.807) is 0 Å². The van der Waals surface area contributed by atoms with Crippen molar-refractivity contribution in [2.24, 2.45) is 5.92 Å². The van der Waals surface area contributed by atoms with Crippen LogP contribution in [0.15, 0.2) is 30.3 Å². The molecule has 1 fully saturated rings. The summed E-state index contributed by atoms with van der Waals surface area (Å²) in [5, 5.41) is 22.2. The Morgan fingerprint density at radius 3 is 2.44 bits per heavy atom. The fraction of sp³-hybridized carbons (Fsp3) is 0.600. The van der Waals surface area contributed by atoms with Crippen LogP contribution in [-0.4, -0.2) is 51.5 Å². The summed E-state index contributed by atoms with van der Waals surface area (Å²) in [5.41, 5.74) is 0.378. The highest BCUT2D eigenvalue weighted by atomic mass is 16.5. The Balaban J connectivity index is 1.92. The lowest BCUT2D eigenvalue weighted by molar-refractivity contribution is 0.0284. The molecule has 1 aromatic rings. The summed E-state index contributed by atoms with van der Waals surface area (Å²) < 4.78 is 5.25. The average Bonchev–Trinajstić information content (AvgIpc) is 2.60. The van der Waals surface area contributed by atoms with Crippen LogP contribution in [0.3, 0.4) is 0 Å². The summed E-state index contributed by atoms with van der Waals surface area (Å²) in [5.74, 6) is -0.211. The van der Waals surface area contributed by atoms with Gasteiger partial charge in [0.05, 0.1) is 0 Å². The van der Waals surface area contributed by atoms with Crippen molar-refractivity contribution in [2.45, 2.75) is 64.3 Å². The summed E-state index contributed by atoms with van der Waals surface area (Å²) in [6.07, 6.45) is 0.244. The van der Waals surface area contributed by atoms with Crippen molar-refractivity contribution < 1.29 is 24.5 Å². The number of carbonyl (C=O) groups excluding carboxylic acids is 1. The highest BCUT2D eigenvalue weighted by Gasteiger charge is 2.39. The smallest absolute Gasteiger partial charge is 0.407 e. The van der Waals surface area contributed by atoms with Crippen LogP contribution in [0.2, 0.25) is 0 Å². The summed E-state index contributed by atoms with van der Waals surface area (Å²) in [6, 6.07) is 8.99. The van der Waals surface area contributed by atoms with Gasteiger partial charge in [-0.1, -0.05) is 30.3 Å². The molecule has 150 valence electrons. The van der Waals surface area contributed by atoms with Gasteiger partial charge in [-0.05, 0) is 45.6 Å². The topological polar surface area (TPSA) is 99.1 Å². The molecule has 0 radical (unpaired) electrons. The van der Waals surface area contributed by atoms with E-state index >= 15 is 0 Å². The molecule has 1 saturated carbocycles. The predicted octanol–water partition coefficient (Wildman–Crippen LogP) is 3.22. The second kappa shape index (κ2) is 9.08. The maximum absolute atomic E-state index is 12.1. The number of hydrogen-bond donors (Lipinski definition) is 3. The Bertz CT molecular complexity index is 629. The molecule has 0 unspecified atom stereocenters. The molecule has 0 aromatic heterocycles. The van der Waals surface area contributed by atoms with Crippen molar-refractivity contribution in [3.05, 3.63) is 35.9 Å². The van der Waals surface area contributed by atoms with E-state index < -0.39 is 17.7 Å². The fourth-order valence-electron chi connectivity index (χ4n) is 3.77. The van der Waals surface area contributed by atoms with Gasteiger partial charge < -0.3 is 25.2 Å². The van der Waals surface area contributed by atoms with Crippen LogP contribution < -0.4 is 5.32 Å². The van der Waals surface area contributed by atoms with E-state index in [0.717, 1.165) is 5.56 Å². The lowest BCUT2D eigenvalue weighted by Crippen LogP contribution is -2.56. The molecule has 0 saturated heterocycles. The van der Waals surface area contributed by atoms with Crippen molar-refractivity contribution in [3.63, 3.8) is 0 Å². The second-order valence-electron chi connectivity index (χ2n) is 8.05. The van der Waals surface area contributed by atoms with E-state index in [0.29, 0.717) is 19.3 Å². The first-order valence-electron chi connectivity index (χ1n) is 9.32. The van der Waals surface area contributed by atoms with Crippen LogP contribution in [0.1, 0.15) is 45.6 Å². The summed E-state index contributed by atoms with van der Waals surface area (Å²) in [6.45, 7) is 5.65. The van der Waals surface area contributed by atoms with E-state index in [1.165, 1.54) is 4.90 Å². The summed E-state index contributed by atoms with van der Waals surface area (Å²) in [4.78, 5) is 25.3. The van der Waals surface area contributed by atoms with Crippen molar-refractivity contribution in [3.8, 4) is 0 Å².